The van der Waals surface area contributed by atoms with E-state index in [0.29, 0.717) is 0 Å². The minimum atomic E-state index is -1.50. The van der Waals surface area contributed by atoms with Gasteiger partial charge >= 0.3 is 6.09 Å². The number of carbonyl (C=O) groups excluding carboxylic acids is 1. The topological polar surface area (TPSA) is 91.7 Å². The van der Waals surface area contributed by atoms with Crippen LogP contribution < -0.4 is 5.32 Å². The molecule has 0 aliphatic heterocycles. The van der Waals surface area contributed by atoms with Crippen LogP contribution in [-0.2, 0) is 11.3 Å². The summed E-state index contributed by atoms with van der Waals surface area (Å²) in [6.07, 6.45) is -2.40. The van der Waals surface area contributed by atoms with Gasteiger partial charge in [-0.25, -0.2) is 9.78 Å². The number of ether oxygens (including phenoxy) is 1. The van der Waals surface area contributed by atoms with Gasteiger partial charge in [0, 0.05) is 18.3 Å². The quantitative estimate of drug-likeness (QED) is 0.702. The largest absolute Gasteiger partial charge is 0.445 e. The number of hydrogen-bond acceptors (Lipinski definition) is 5. The van der Waals surface area contributed by atoms with Crippen LogP contribution in [0.1, 0.15) is 17.2 Å². The second-order valence-corrected chi connectivity index (χ2v) is 4.84. The summed E-state index contributed by atoms with van der Waals surface area (Å²) in [6, 6.07) is 11.8. The number of amides is 1. The van der Waals surface area contributed by atoms with Crippen molar-refractivity contribution in [2.45, 2.75) is 18.8 Å². The molecule has 1 aromatic carbocycles. The summed E-state index contributed by atoms with van der Waals surface area (Å²) in [5.74, 6) is -0.870. The van der Waals surface area contributed by atoms with Gasteiger partial charge in [0.25, 0.3) is 0 Å². The Kier molecular flexibility index (Phi) is 6.02. The van der Waals surface area contributed by atoms with Crippen LogP contribution in [0.25, 0.3) is 0 Å². The second-order valence-electron chi connectivity index (χ2n) is 4.84. The van der Waals surface area contributed by atoms with E-state index in [1.807, 2.05) is 18.2 Å². The Morgan fingerprint density at radius 2 is 1.96 bits per heavy atom. The molecule has 1 amide bonds. The molecular formula is C16H17FN2O4. The van der Waals surface area contributed by atoms with Gasteiger partial charge in [0.1, 0.15) is 18.8 Å². The first-order chi connectivity index (χ1) is 11.1. The second kappa shape index (κ2) is 8.21. The van der Waals surface area contributed by atoms with Crippen LogP contribution in [0.5, 0.6) is 0 Å². The molecule has 0 bridgehead atoms. The fourth-order valence-electron chi connectivity index (χ4n) is 1.90. The SMILES string of the molecule is O=C(NCC(O)C(O)c1cccnc1F)OCc1ccccc1. The van der Waals surface area contributed by atoms with Crippen LogP contribution in [0.4, 0.5) is 9.18 Å². The molecule has 0 spiro atoms. The maximum Gasteiger partial charge on any atom is 0.407 e. The van der Waals surface area contributed by atoms with E-state index in [-0.39, 0.29) is 18.7 Å². The Labute approximate surface area is 132 Å². The predicted molar refractivity (Wildman–Crippen MR) is 79.8 cm³/mol. The molecule has 7 heteroatoms. The van der Waals surface area contributed by atoms with Crippen LogP contribution in [-0.4, -0.2) is 33.9 Å². The van der Waals surface area contributed by atoms with Gasteiger partial charge in [-0.1, -0.05) is 36.4 Å². The number of halogens is 1. The van der Waals surface area contributed by atoms with E-state index in [1.165, 1.54) is 18.3 Å². The van der Waals surface area contributed by atoms with Crippen molar-refractivity contribution in [3.05, 3.63) is 65.7 Å². The molecule has 0 aliphatic carbocycles. The number of carbonyl (C=O) groups is 1. The Morgan fingerprint density at radius 1 is 1.22 bits per heavy atom. The van der Waals surface area contributed by atoms with E-state index in [4.69, 9.17) is 4.74 Å². The number of benzene rings is 1. The number of aliphatic hydroxyl groups excluding tert-OH is 2. The van der Waals surface area contributed by atoms with E-state index in [1.54, 1.807) is 12.1 Å². The fraction of sp³-hybridized carbons (Fsp3) is 0.250. The third-order valence-electron chi connectivity index (χ3n) is 3.14. The van der Waals surface area contributed by atoms with Crippen molar-refractivity contribution in [1.29, 1.82) is 0 Å². The first-order valence-corrected chi connectivity index (χ1v) is 6.99. The number of hydrogen-bond donors (Lipinski definition) is 3. The molecule has 23 heavy (non-hydrogen) atoms. The highest BCUT2D eigenvalue weighted by molar-refractivity contribution is 5.67. The number of pyridine rings is 1. The minimum absolute atomic E-state index is 0.0859. The zero-order valence-corrected chi connectivity index (χ0v) is 12.2. The van der Waals surface area contributed by atoms with Gasteiger partial charge in [-0.3, -0.25) is 0 Å². The average Bonchev–Trinajstić information content (AvgIpc) is 2.58. The lowest BCUT2D eigenvalue weighted by Crippen LogP contribution is -2.36. The van der Waals surface area contributed by atoms with Gasteiger partial charge in [0.05, 0.1) is 0 Å². The Hall–Kier alpha value is -2.51. The monoisotopic (exact) mass is 320 g/mol. The van der Waals surface area contributed by atoms with Crippen LogP contribution in [0.3, 0.4) is 0 Å². The molecule has 122 valence electrons. The highest BCUT2D eigenvalue weighted by Crippen LogP contribution is 2.18. The summed E-state index contributed by atoms with van der Waals surface area (Å²) < 4.78 is 18.4. The zero-order chi connectivity index (χ0) is 16.7. The molecule has 6 nitrogen and oxygen atoms in total. The molecule has 0 saturated carbocycles. The van der Waals surface area contributed by atoms with Crippen molar-refractivity contribution in [1.82, 2.24) is 10.3 Å². The molecule has 2 aromatic rings. The zero-order valence-electron chi connectivity index (χ0n) is 12.2. The molecule has 2 unspecified atom stereocenters. The number of rotatable bonds is 6. The molecule has 0 saturated heterocycles. The van der Waals surface area contributed by atoms with E-state index in [2.05, 4.69) is 10.3 Å². The lowest BCUT2D eigenvalue weighted by molar-refractivity contribution is 0.0160. The van der Waals surface area contributed by atoms with Crippen molar-refractivity contribution in [2.24, 2.45) is 0 Å². The Balaban J connectivity index is 1.78. The first kappa shape index (κ1) is 16.9. The maximum atomic E-state index is 13.4. The van der Waals surface area contributed by atoms with Gasteiger partial charge in [0.15, 0.2) is 0 Å². The summed E-state index contributed by atoms with van der Waals surface area (Å²) in [4.78, 5) is 14.9. The van der Waals surface area contributed by atoms with Gasteiger partial charge in [-0.05, 0) is 11.6 Å². The number of alkyl carbamates (subject to hydrolysis) is 1. The molecule has 0 fully saturated rings. The van der Waals surface area contributed by atoms with Gasteiger partial charge in [-0.15, -0.1) is 0 Å². The molecule has 0 aliphatic rings. The van der Waals surface area contributed by atoms with Gasteiger partial charge in [0.2, 0.25) is 5.95 Å². The van der Waals surface area contributed by atoms with Crippen molar-refractivity contribution in [2.75, 3.05) is 6.54 Å². The van der Waals surface area contributed by atoms with Gasteiger partial charge in [-0.2, -0.15) is 4.39 Å². The van der Waals surface area contributed by atoms with Crippen molar-refractivity contribution in [3.63, 3.8) is 0 Å². The van der Waals surface area contributed by atoms with E-state index < -0.39 is 24.2 Å². The van der Waals surface area contributed by atoms with Crippen molar-refractivity contribution in [3.8, 4) is 0 Å². The minimum Gasteiger partial charge on any atom is -0.445 e. The number of aromatic nitrogens is 1. The molecule has 2 rings (SSSR count). The van der Waals surface area contributed by atoms with Gasteiger partial charge < -0.3 is 20.3 Å². The molecule has 1 heterocycles. The number of aliphatic hydroxyl groups is 2. The predicted octanol–water partition coefficient (Wildman–Crippen LogP) is 1.54. The third-order valence-corrected chi connectivity index (χ3v) is 3.14. The first-order valence-electron chi connectivity index (χ1n) is 6.99. The summed E-state index contributed by atoms with van der Waals surface area (Å²) >= 11 is 0. The van der Waals surface area contributed by atoms with Crippen LogP contribution in [0.2, 0.25) is 0 Å². The maximum absolute atomic E-state index is 13.4. The number of nitrogens with zero attached hydrogens (tertiary/aromatic N) is 1. The molecular weight excluding hydrogens is 303 g/mol. The summed E-state index contributed by atoms with van der Waals surface area (Å²) in [5, 5.41) is 22.0. The van der Waals surface area contributed by atoms with Crippen molar-refractivity contribution < 1.29 is 24.1 Å². The third kappa shape index (κ3) is 5.01. The van der Waals surface area contributed by atoms with Crippen molar-refractivity contribution >= 4 is 6.09 Å². The summed E-state index contributed by atoms with van der Waals surface area (Å²) in [5.41, 5.74) is 0.681. The number of nitrogens with one attached hydrogen (secondary N) is 1. The Bertz CT molecular complexity index is 639. The molecule has 0 radical (unpaired) electrons. The molecule has 3 N–H and O–H groups in total. The lowest BCUT2D eigenvalue weighted by Gasteiger charge is -2.18. The lowest BCUT2D eigenvalue weighted by atomic mass is 10.1. The van der Waals surface area contributed by atoms with Crippen LogP contribution >= 0.6 is 0 Å². The molecule has 1 aromatic heterocycles. The normalized spacial score (nSPS) is 13.2. The highest BCUT2D eigenvalue weighted by Gasteiger charge is 2.22. The summed E-state index contributed by atoms with van der Waals surface area (Å²) in [6.45, 7) is -0.203. The summed E-state index contributed by atoms with van der Waals surface area (Å²) in [7, 11) is 0. The molecule has 2 atom stereocenters. The highest BCUT2D eigenvalue weighted by atomic mass is 19.1. The smallest absolute Gasteiger partial charge is 0.407 e. The fourth-order valence-corrected chi connectivity index (χ4v) is 1.90. The Morgan fingerprint density at radius 3 is 2.65 bits per heavy atom. The van der Waals surface area contributed by atoms with Crippen LogP contribution in [0.15, 0.2) is 48.7 Å². The van der Waals surface area contributed by atoms with Crippen LogP contribution in [0, 0.1) is 5.95 Å². The van der Waals surface area contributed by atoms with E-state index >= 15 is 0 Å². The standard InChI is InChI=1S/C16H17FN2O4/c17-15-12(7-4-8-18-15)14(21)13(20)9-19-16(22)23-10-11-5-2-1-3-6-11/h1-8,13-14,20-21H,9-10H2,(H,19,22). The average molecular weight is 320 g/mol. The van der Waals surface area contributed by atoms with E-state index in [0.717, 1.165) is 5.56 Å². The van der Waals surface area contributed by atoms with E-state index in [9.17, 15) is 19.4 Å².